The van der Waals surface area contributed by atoms with Gasteiger partial charge in [-0.2, -0.15) is 0 Å². The second-order valence-electron chi connectivity index (χ2n) is 5.50. The normalized spacial score (nSPS) is 17.4. The maximum atomic E-state index is 6.12. The molecule has 1 aromatic carbocycles. The first kappa shape index (κ1) is 16.1. The second kappa shape index (κ2) is 8.21. The Balaban J connectivity index is 2.23. The Hall–Kier alpha value is -0.310. The van der Waals surface area contributed by atoms with Crippen molar-refractivity contribution in [2.75, 3.05) is 13.1 Å². The fourth-order valence-electron chi connectivity index (χ4n) is 2.88. The fraction of sp³-hybridized carbons (Fsp3) is 0.529. The molecule has 2 rings (SSSR count). The molecule has 0 unspecified atom stereocenters. The van der Waals surface area contributed by atoms with Crippen LogP contribution in [0.15, 0.2) is 28.2 Å². The zero-order valence-corrected chi connectivity index (χ0v) is 14.4. The third-order valence-electron chi connectivity index (χ3n) is 4.01. The van der Waals surface area contributed by atoms with Gasteiger partial charge in [0.2, 0.25) is 0 Å². The first-order valence-electron chi connectivity index (χ1n) is 7.57. The van der Waals surface area contributed by atoms with Crippen LogP contribution >= 0.6 is 27.5 Å². The van der Waals surface area contributed by atoms with Gasteiger partial charge in [0.05, 0.1) is 0 Å². The summed E-state index contributed by atoms with van der Waals surface area (Å²) in [7, 11) is 0. The predicted molar refractivity (Wildman–Crippen MR) is 92.2 cm³/mol. The molecule has 0 atom stereocenters. The zero-order chi connectivity index (χ0) is 14.4. The van der Waals surface area contributed by atoms with Gasteiger partial charge in [0.1, 0.15) is 0 Å². The Morgan fingerprint density at radius 3 is 2.80 bits per heavy atom. The number of rotatable bonds is 5. The lowest BCUT2D eigenvalue weighted by Crippen LogP contribution is -2.22. The molecule has 0 spiro atoms. The molecule has 0 aliphatic heterocycles. The molecular weight excluding hydrogens is 334 g/mol. The number of hydrogen-bond donors (Lipinski definition) is 1. The van der Waals surface area contributed by atoms with Crippen LogP contribution < -0.4 is 5.32 Å². The van der Waals surface area contributed by atoms with Gasteiger partial charge < -0.3 is 5.32 Å². The zero-order valence-electron chi connectivity index (χ0n) is 12.1. The van der Waals surface area contributed by atoms with Gasteiger partial charge in [-0.05, 0) is 49.1 Å². The lowest BCUT2D eigenvalue weighted by atomic mass is 9.83. The SMILES string of the molecule is CCNC/C(=C/c1cc(Cl)ccc1Br)C1CCCCC1. The molecular formula is C17H23BrClN. The van der Waals surface area contributed by atoms with Crippen LogP contribution in [0.2, 0.25) is 5.02 Å². The monoisotopic (exact) mass is 355 g/mol. The molecule has 20 heavy (non-hydrogen) atoms. The maximum Gasteiger partial charge on any atom is 0.0412 e. The van der Waals surface area contributed by atoms with Gasteiger partial charge in [-0.3, -0.25) is 0 Å². The Morgan fingerprint density at radius 2 is 2.10 bits per heavy atom. The van der Waals surface area contributed by atoms with Crippen LogP contribution in [0.25, 0.3) is 6.08 Å². The lowest BCUT2D eigenvalue weighted by molar-refractivity contribution is 0.397. The van der Waals surface area contributed by atoms with Gasteiger partial charge in [-0.15, -0.1) is 0 Å². The second-order valence-corrected chi connectivity index (χ2v) is 6.79. The van der Waals surface area contributed by atoms with Crippen LogP contribution in [0.3, 0.4) is 0 Å². The maximum absolute atomic E-state index is 6.12. The first-order valence-corrected chi connectivity index (χ1v) is 8.74. The van der Waals surface area contributed by atoms with Crippen molar-refractivity contribution in [2.24, 2.45) is 5.92 Å². The van der Waals surface area contributed by atoms with E-state index in [1.807, 2.05) is 18.2 Å². The highest BCUT2D eigenvalue weighted by atomic mass is 79.9. The van der Waals surface area contributed by atoms with E-state index in [4.69, 9.17) is 11.6 Å². The molecule has 0 bridgehead atoms. The minimum atomic E-state index is 0.730. The number of nitrogens with one attached hydrogen (secondary N) is 1. The Morgan fingerprint density at radius 1 is 1.35 bits per heavy atom. The Bertz CT molecular complexity index is 464. The quantitative estimate of drug-likeness (QED) is 0.716. The summed E-state index contributed by atoms with van der Waals surface area (Å²) in [5.74, 6) is 0.730. The minimum Gasteiger partial charge on any atom is -0.313 e. The summed E-state index contributed by atoms with van der Waals surface area (Å²) in [4.78, 5) is 0. The van der Waals surface area contributed by atoms with Gasteiger partial charge in [-0.25, -0.2) is 0 Å². The highest BCUT2D eigenvalue weighted by Gasteiger charge is 2.17. The molecule has 1 nitrogen and oxygen atoms in total. The van der Waals surface area contributed by atoms with E-state index in [9.17, 15) is 0 Å². The molecule has 0 heterocycles. The molecule has 1 aliphatic carbocycles. The van der Waals surface area contributed by atoms with E-state index >= 15 is 0 Å². The third kappa shape index (κ3) is 4.61. The van der Waals surface area contributed by atoms with Crippen molar-refractivity contribution in [1.82, 2.24) is 5.32 Å². The summed E-state index contributed by atoms with van der Waals surface area (Å²) in [5, 5.41) is 4.28. The molecule has 1 N–H and O–H groups in total. The number of hydrogen-bond acceptors (Lipinski definition) is 1. The summed E-state index contributed by atoms with van der Waals surface area (Å²) >= 11 is 9.75. The number of likely N-dealkylation sites (N-methyl/N-ethyl adjacent to an activating group) is 1. The van der Waals surface area contributed by atoms with Gasteiger partial charge in [-0.1, -0.05) is 65.4 Å². The van der Waals surface area contributed by atoms with E-state index < -0.39 is 0 Å². The van der Waals surface area contributed by atoms with Crippen LogP contribution in [0.4, 0.5) is 0 Å². The van der Waals surface area contributed by atoms with Crippen molar-refractivity contribution in [3.63, 3.8) is 0 Å². The molecule has 110 valence electrons. The van der Waals surface area contributed by atoms with E-state index in [2.05, 4.69) is 34.2 Å². The summed E-state index contributed by atoms with van der Waals surface area (Å²) in [5.41, 5.74) is 2.71. The molecule has 1 aliphatic rings. The molecule has 0 aromatic heterocycles. The fourth-order valence-corrected chi connectivity index (χ4v) is 3.42. The molecule has 1 fully saturated rings. The minimum absolute atomic E-state index is 0.730. The van der Waals surface area contributed by atoms with Crippen molar-refractivity contribution >= 4 is 33.6 Å². The van der Waals surface area contributed by atoms with E-state index in [-0.39, 0.29) is 0 Å². The molecule has 0 radical (unpaired) electrons. The number of halogens is 2. The molecule has 1 aromatic rings. The molecule has 0 saturated heterocycles. The van der Waals surface area contributed by atoms with Crippen LogP contribution in [0.5, 0.6) is 0 Å². The smallest absolute Gasteiger partial charge is 0.0412 e. The topological polar surface area (TPSA) is 12.0 Å². The lowest BCUT2D eigenvalue weighted by Gasteiger charge is -2.25. The van der Waals surface area contributed by atoms with Crippen molar-refractivity contribution in [1.29, 1.82) is 0 Å². The highest BCUT2D eigenvalue weighted by molar-refractivity contribution is 9.10. The van der Waals surface area contributed by atoms with Crippen LogP contribution in [0, 0.1) is 5.92 Å². The Labute approximate surface area is 135 Å². The van der Waals surface area contributed by atoms with Crippen molar-refractivity contribution < 1.29 is 0 Å². The van der Waals surface area contributed by atoms with Crippen LogP contribution in [-0.2, 0) is 0 Å². The largest absolute Gasteiger partial charge is 0.313 e. The highest BCUT2D eigenvalue weighted by Crippen LogP contribution is 2.32. The molecule has 1 saturated carbocycles. The average molecular weight is 357 g/mol. The standard InChI is InChI=1S/C17H23BrClN/c1-2-20-12-15(13-6-4-3-5-7-13)10-14-11-16(19)8-9-17(14)18/h8-11,13,20H,2-7,12H2,1H3/b15-10-. The van der Waals surface area contributed by atoms with Crippen molar-refractivity contribution in [3.8, 4) is 0 Å². The van der Waals surface area contributed by atoms with E-state index in [1.165, 1.54) is 43.2 Å². The summed E-state index contributed by atoms with van der Waals surface area (Å²) in [6, 6.07) is 5.99. The summed E-state index contributed by atoms with van der Waals surface area (Å²) in [6.07, 6.45) is 9.11. The number of benzene rings is 1. The predicted octanol–water partition coefficient (Wildman–Crippen LogP) is 5.68. The van der Waals surface area contributed by atoms with Crippen molar-refractivity contribution in [2.45, 2.75) is 39.0 Å². The van der Waals surface area contributed by atoms with Crippen LogP contribution in [0.1, 0.15) is 44.6 Å². The van der Waals surface area contributed by atoms with Gasteiger partial charge >= 0.3 is 0 Å². The molecule has 0 amide bonds. The van der Waals surface area contributed by atoms with Crippen molar-refractivity contribution in [3.05, 3.63) is 38.8 Å². The first-order chi connectivity index (χ1) is 9.70. The Kier molecular flexibility index (Phi) is 6.60. The summed E-state index contributed by atoms with van der Waals surface area (Å²) < 4.78 is 1.12. The summed E-state index contributed by atoms with van der Waals surface area (Å²) in [6.45, 7) is 4.16. The van der Waals surface area contributed by atoms with E-state index in [0.717, 1.165) is 28.5 Å². The molecule has 3 heteroatoms. The van der Waals surface area contributed by atoms with Gasteiger partial charge in [0.15, 0.2) is 0 Å². The van der Waals surface area contributed by atoms with E-state index in [0.29, 0.717) is 0 Å². The van der Waals surface area contributed by atoms with E-state index in [1.54, 1.807) is 0 Å². The third-order valence-corrected chi connectivity index (χ3v) is 4.96. The van der Waals surface area contributed by atoms with Gasteiger partial charge in [0, 0.05) is 16.0 Å². The van der Waals surface area contributed by atoms with Crippen LogP contribution in [-0.4, -0.2) is 13.1 Å². The van der Waals surface area contributed by atoms with Gasteiger partial charge in [0.25, 0.3) is 0 Å². The average Bonchev–Trinajstić information content (AvgIpc) is 2.48.